The van der Waals surface area contributed by atoms with Gasteiger partial charge in [0.25, 0.3) is 0 Å². The molecule has 136 valence electrons. The summed E-state index contributed by atoms with van der Waals surface area (Å²) in [5.41, 5.74) is 1.72. The van der Waals surface area contributed by atoms with Crippen LogP contribution in [0.5, 0.6) is 5.75 Å². The summed E-state index contributed by atoms with van der Waals surface area (Å²) in [6.45, 7) is 0. The molecule has 0 amide bonds. The van der Waals surface area contributed by atoms with Crippen LogP contribution in [0.1, 0.15) is 0 Å². The maximum Gasteiger partial charge on any atom is 0.209 e. The van der Waals surface area contributed by atoms with E-state index in [1.54, 1.807) is 53.2 Å². The Morgan fingerprint density at radius 3 is 2.30 bits per heavy atom. The molecule has 0 radical (unpaired) electrons. The predicted molar refractivity (Wildman–Crippen MR) is 101 cm³/mol. The van der Waals surface area contributed by atoms with Crippen molar-refractivity contribution < 1.29 is 17.5 Å². The molecule has 4 aromatic rings. The van der Waals surface area contributed by atoms with Gasteiger partial charge >= 0.3 is 0 Å². The Bertz CT molecular complexity index is 1210. The van der Waals surface area contributed by atoms with E-state index in [1.165, 1.54) is 31.4 Å². The van der Waals surface area contributed by atoms with Crippen LogP contribution in [-0.2, 0) is 9.84 Å². The van der Waals surface area contributed by atoms with Crippen molar-refractivity contribution in [1.82, 2.24) is 4.40 Å². The van der Waals surface area contributed by atoms with Crippen LogP contribution in [0.15, 0.2) is 88.9 Å². The van der Waals surface area contributed by atoms with Gasteiger partial charge in [-0.3, -0.25) is 0 Å². The minimum absolute atomic E-state index is 0.170. The van der Waals surface area contributed by atoms with Gasteiger partial charge in [0.05, 0.1) is 17.5 Å². The zero-order valence-electron chi connectivity index (χ0n) is 14.5. The van der Waals surface area contributed by atoms with E-state index in [1.807, 2.05) is 6.07 Å². The molecule has 0 aliphatic carbocycles. The number of hydrogen-bond donors (Lipinski definition) is 0. The molecule has 2 aromatic carbocycles. The fourth-order valence-electron chi connectivity index (χ4n) is 3.09. The molecule has 0 aliphatic heterocycles. The highest BCUT2D eigenvalue weighted by Crippen LogP contribution is 2.36. The third-order valence-corrected chi connectivity index (χ3v) is 6.29. The normalized spacial score (nSPS) is 11.6. The summed E-state index contributed by atoms with van der Waals surface area (Å²) in [6, 6.07) is 17.4. The molecule has 0 N–H and O–H groups in total. The van der Waals surface area contributed by atoms with Gasteiger partial charge in [-0.25, -0.2) is 12.8 Å². The minimum atomic E-state index is -3.81. The van der Waals surface area contributed by atoms with Crippen molar-refractivity contribution in [2.24, 2.45) is 0 Å². The van der Waals surface area contributed by atoms with Crippen molar-refractivity contribution >= 4 is 15.4 Å². The van der Waals surface area contributed by atoms with E-state index < -0.39 is 9.84 Å². The second kappa shape index (κ2) is 6.55. The first-order valence-corrected chi connectivity index (χ1v) is 9.74. The molecular weight excluding hydrogens is 365 g/mol. The van der Waals surface area contributed by atoms with Crippen LogP contribution >= 0.6 is 0 Å². The first-order chi connectivity index (χ1) is 13.0. The smallest absolute Gasteiger partial charge is 0.209 e. The largest absolute Gasteiger partial charge is 0.497 e. The quantitative estimate of drug-likeness (QED) is 0.520. The molecule has 0 saturated heterocycles. The van der Waals surface area contributed by atoms with Gasteiger partial charge in [-0.1, -0.05) is 18.2 Å². The third-order valence-electron chi connectivity index (χ3n) is 4.43. The van der Waals surface area contributed by atoms with Gasteiger partial charge in [0.2, 0.25) is 9.84 Å². The Labute approximate surface area is 156 Å². The summed E-state index contributed by atoms with van der Waals surface area (Å²) in [6.07, 6.45) is 3.54. The summed E-state index contributed by atoms with van der Waals surface area (Å²) in [5, 5.41) is 0. The second-order valence-corrected chi connectivity index (χ2v) is 7.94. The molecule has 0 unspecified atom stereocenters. The Morgan fingerprint density at radius 2 is 1.63 bits per heavy atom. The van der Waals surface area contributed by atoms with Crippen molar-refractivity contribution in [3.05, 3.63) is 84.9 Å². The van der Waals surface area contributed by atoms with Crippen LogP contribution in [-0.4, -0.2) is 19.9 Å². The number of halogens is 1. The average Bonchev–Trinajstić information content (AvgIpc) is 3.09. The highest BCUT2D eigenvalue weighted by molar-refractivity contribution is 7.91. The number of pyridine rings is 1. The first-order valence-electron chi connectivity index (χ1n) is 8.25. The molecule has 2 aromatic heterocycles. The molecule has 0 bridgehead atoms. The van der Waals surface area contributed by atoms with Crippen molar-refractivity contribution in [2.45, 2.75) is 9.79 Å². The van der Waals surface area contributed by atoms with E-state index in [9.17, 15) is 12.8 Å². The van der Waals surface area contributed by atoms with Gasteiger partial charge < -0.3 is 9.14 Å². The van der Waals surface area contributed by atoms with E-state index >= 15 is 0 Å². The zero-order chi connectivity index (χ0) is 19.0. The summed E-state index contributed by atoms with van der Waals surface area (Å²) >= 11 is 0. The number of benzene rings is 2. The zero-order valence-corrected chi connectivity index (χ0v) is 15.3. The first kappa shape index (κ1) is 17.3. The number of methoxy groups -OCH3 is 1. The fourth-order valence-corrected chi connectivity index (χ4v) is 4.73. The van der Waals surface area contributed by atoms with E-state index in [4.69, 9.17) is 4.74 Å². The lowest BCUT2D eigenvalue weighted by Crippen LogP contribution is -2.03. The molecule has 4 nitrogen and oxygen atoms in total. The fraction of sp³-hybridized carbons (Fsp3) is 0.0476. The molecule has 6 heteroatoms. The van der Waals surface area contributed by atoms with E-state index in [2.05, 4.69) is 0 Å². The van der Waals surface area contributed by atoms with Gasteiger partial charge in [-0.15, -0.1) is 0 Å². The number of hydrogen-bond acceptors (Lipinski definition) is 3. The van der Waals surface area contributed by atoms with Gasteiger partial charge in [0, 0.05) is 18.0 Å². The SMILES string of the molecule is COc1ccc(S(=O)(=O)c2c(-c3ccc(F)cc3)cn3ccccc23)cc1. The summed E-state index contributed by atoms with van der Waals surface area (Å²) in [7, 11) is -2.28. The van der Waals surface area contributed by atoms with Gasteiger partial charge in [0.1, 0.15) is 16.5 Å². The number of nitrogens with zero attached hydrogens (tertiary/aromatic N) is 1. The number of sulfone groups is 1. The Hall–Kier alpha value is -3.12. The maximum absolute atomic E-state index is 13.4. The predicted octanol–water partition coefficient (Wildman–Crippen LogP) is 4.59. The Balaban J connectivity index is 1.98. The molecule has 0 atom stereocenters. The van der Waals surface area contributed by atoms with E-state index in [-0.39, 0.29) is 15.6 Å². The topological polar surface area (TPSA) is 47.8 Å². The van der Waals surface area contributed by atoms with Crippen LogP contribution in [0.4, 0.5) is 4.39 Å². The lowest BCUT2D eigenvalue weighted by Gasteiger charge is -2.08. The van der Waals surface area contributed by atoms with E-state index in [0.29, 0.717) is 22.4 Å². The average molecular weight is 381 g/mol. The molecule has 27 heavy (non-hydrogen) atoms. The summed E-state index contributed by atoms with van der Waals surface area (Å²) in [5.74, 6) is 0.205. The highest BCUT2D eigenvalue weighted by Gasteiger charge is 2.26. The maximum atomic E-state index is 13.4. The van der Waals surface area contributed by atoms with Crippen LogP contribution in [0, 0.1) is 5.82 Å². The Morgan fingerprint density at radius 1 is 0.926 bits per heavy atom. The van der Waals surface area contributed by atoms with Crippen molar-refractivity contribution in [1.29, 1.82) is 0 Å². The monoisotopic (exact) mass is 381 g/mol. The van der Waals surface area contributed by atoms with Crippen molar-refractivity contribution in [2.75, 3.05) is 7.11 Å². The van der Waals surface area contributed by atoms with Crippen LogP contribution in [0.3, 0.4) is 0 Å². The highest BCUT2D eigenvalue weighted by atomic mass is 32.2. The summed E-state index contributed by atoms with van der Waals surface area (Å²) in [4.78, 5) is 0.364. The Kier molecular flexibility index (Phi) is 4.20. The molecule has 2 heterocycles. The standard InChI is InChI=1S/C21H16FNO3S/c1-26-17-9-11-18(12-10-17)27(24,25)21-19(15-5-7-16(22)8-6-15)14-23-13-3-2-4-20(21)23/h2-14H,1H3. The van der Waals surface area contributed by atoms with E-state index in [0.717, 1.165) is 0 Å². The van der Waals surface area contributed by atoms with Gasteiger partial charge in [-0.2, -0.15) is 0 Å². The summed E-state index contributed by atoms with van der Waals surface area (Å²) < 4.78 is 47.1. The second-order valence-electron chi connectivity index (χ2n) is 6.05. The molecular formula is C21H16FNO3S. The molecule has 0 spiro atoms. The van der Waals surface area contributed by atoms with Crippen LogP contribution < -0.4 is 4.74 Å². The van der Waals surface area contributed by atoms with Gasteiger partial charge in [-0.05, 0) is 54.1 Å². The molecule has 0 fully saturated rings. The lowest BCUT2D eigenvalue weighted by molar-refractivity contribution is 0.414. The number of aromatic nitrogens is 1. The van der Waals surface area contributed by atoms with Crippen molar-refractivity contribution in [3.8, 4) is 16.9 Å². The number of rotatable bonds is 4. The molecule has 0 saturated carbocycles. The van der Waals surface area contributed by atoms with Crippen LogP contribution in [0.25, 0.3) is 16.6 Å². The lowest BCUT2D eigenvalue weighted by atomic mass is 10.1. The van der Waals surface area contributed by atoms with Gasteiger partial charge in [0.15, 0.2) is 0 Å². The number of ether oxygens (including phenoxy) is 1. The number of fused-ring (bicyclic) bond motifs is 1. The third kappa shape index (κ3) is 2.98. The van der Waals surface area contributed by atoms with Crippen molar-refractivity contribution in [3.63, 3.8) is 0 Å². The minimum Gasteiger partial charge on any atom is -0.497 e. The molecule has 0 aliphatic rings. The van der Waals surface area contributed by atoms with Crippen LogP contribution in [0.2, 0.25) is 0 Å². The molecule has 4 rings (SSSR count).